The van der Waals surface area contributed by atoms with Crippen molar-refractivity contribution >= 4 is 16.9 Å². The van der Waals surface area contributed by atoms with Crippen LogP contribution >= 0.6 is 0 Å². The second-order valence-corrected chi connectivity index (χ2v) is 6.19. The highest BCUT2D eigenvalue weighted by molar-refractivity contribution is 5.82. The van der Waals surface area contributed by atoms with Gasteiger partial charge in [0.2, 0.25) is 0 Å². The van der Waals surface area contributed by atoms with Crippen molar-refractivity contribution < 1.29 is 9.52 Å². The van der Waals surface area contributed by atoms with Gasteiger partial charge in [0.15, 0.2) is 5.96 Å². The highest BCUT2D eigenvalue weighted by atomic mass is 16.3. The normalized spacial score (nSPS) is 11.7. The minimum atomic E-state index is 0.295. The fraction of sp³-hybridized carbons (Fsp3) is 0.286. The minimum Gasteiger partial charge on any atom is -0.508 e. The van der Waals surface area contributed by atoms with E-state index >= 15 is 0 Å². The molecule has 3 rings (SSSR count). The van der Waals surface area contributed by atoms with Crippen molar-refractivity contribution in [2.45, 2.75) is 26.8 Å². The average molecular weight is 351 g/mol. The van der Waals surface area contributed by atoms with E-state index in [-0.39, 0.29) is 0 Å². The summed E-state index contributed by atoms with van der Waals surface area (Å²) in [5, 5.41) is 17.3. The summed E-state index contributed by atoms with van der Waals surface area (Å²) in [6, 6.07) is 15.4. The first kappa shape index (κ1) is 17.9. The van der Waals surface area contributed by atoms with Crippen molar-refractivity contribution in [2.24, 2.45) is 4.99 Å². The van der Waals surface area contributed by atoms with Crippen LogP contribution in [-0.4, -0.2) is 24.2 Å². The van der Waals surface area contributed by atoms with E-state index in [0.29, 0.717) is 12.3 Å². The van der Waals surface area contributed by atoms with Crippen molar-refractivity contribution in [1.82, 2.24) is 10.6 Å². The maximum absolute atomic E-state index is 9.54. The Morgan fingerprint density at radius 1 is 1.12 bits per heavy atom. The number of phenols is 1. The van der Waals surface area contributed by atoms with E-state index in [1.807, 2.05) is 37.3 Å². The van der Waals surface area contributed by atoms with Crippen LogP contribution in [0.1, 0.15) is 23.8 Å². The molecule has 26 heavy (non-hydrogen) atoms. The first-order valence-corrected chi connectivity index (χ1v) is 8.94. The van der Waals surface area contributed by atoms with Gasteiger partial charge in [-0.1, -0.05) is 30.3 Å². The number of guanidine groups is 1. The van der Waals surface area contributed by atoms with E-state index in [2.05, 4.69) is 28.6 Å². The molecule has 5 nitrogen and oxygen atoms in total. The Bertz CT molecular complexity index is 899. The molecule has 2 aromatic carbocycles. The number of fused-ring (bicyclic) bond motifs is 1. The van der Waals surface area contributed by atoms with E-state index in [9.17, 15) is 5.11 Å². The molecule has 3 N–H and O–H groups in total. The molecule has 1 aromatic heterocycles. The molecular formula is C21H25N3O2. The van der Waals surface area contributed by atoms with Crippen molar-refractivity contribution in [3.8, 4) is 5.75 Å². The summed E-state index contributed by atoms with van der Waals surface area (Å²) in [6.07, 6.45) is 0.808. The van der Waals surface area contributed by atoms with Crippen molar-refractivity contribution in [3.05, 3.63) is 65.4 Å². The van der Waals surface area contributed by atoms with Crippen LogP contribution in [0.25, 0.3) is 11.0 Å². The number of rotatable bonds is 6. The van der Waals surface area contributed by atoms with E-state index < -0.39 is 0 Å². The topological polar surface area (TPSA) is 69.8 Å². The van der Waals surface area contributed by atoms with Crippen LogP contribution in [0, 0.1) is 6.92 Å². The quantitative estimate of drug-likeness (QED) is 0.467. The number of para-hydroxylation sites is 1. The summed E-state index contributed by atoms with van der Waals surface area (Å²) >= 11 is 0. The summed E-state index contributed by atoms with van der Waals surface area (Å²) in [6.45, 7) is 6.12. The summed E-state index contributed by atoms with van der Waals surface area (Å²) in [5.41, 5.74) is 3.12. The summed E-state index contributed by atoms with van der Waals surface area (Å²) in [7, 11) is 0. The van der Waals surface area contributed by atoms with Gasteiger partial charge >= 0.3 is 0 Å². The Morgan fingerprint density at radius 3 is 2.73 bits per heavy atom. The van der Waals surface area contributed by atoms with Gasteiger partial charge in [0.05, 0.1) is 0 Å². The lowest BCUT2D eigenvalue weighted by molar-refractivity contribution is 0.474. The van der Waals surface area contributed by atoms with Gasteiger partial charge in [0.1, 0.15) is 23.6 Å². The second-order valence-electron chi connectivity index (χ2n) is 6.19. The molecule has 0 bridgehead atoms. The predicted molar refractivity (Wildman–Crippen MR) is 106 cm³/mol. The molecule has 0 amide bonds. The number of furan rings is 1. The average Bonchev–Trinajstić information content (AvgIpc) is 2.96. The van der Waals surface area contributed by atoms with E-state index in [0.717, 1.165) is 53.3 Å². The molecule has 0 saturated heterocycles. The van der Waals surface area contributed by atoms with Crippen LogP contribution in [0.3, 0.4) is 0 Å². The van der Waals surface area contributed by atoms with Gasteiger partial charge in [0, 0.05) is 24.0 Å². The highest BCUT2D eigenvalue weighted by Gasteiger charge is 2.09. The number of phenolic OH excluding ortho intramolecular Hbond substituents is 1. The third kappa shape index (κ3) is 4.36. The SMILES string of the molecule is CCNC(=NCc1oc2ccccc2c1C)NCCc1cccc(O)c1. The number of aliphatic imine (C=N–C) groups is 1. The van der Waals surface area contributed by atoms with Crippen LogP contribution in [0.2, 0.25) is 0 Å². The molecule has 136 valence electrons. The zero-order valence-corrected chi connectivity index (χ0v) is 15.2. The number of hydrogen-bond donors (Lipinski definition) is 3. The summed E-state index contributed by atoms with van der Waals surface area (Å²) in [5.74, 6) is 1.94. The molecule has 0 fully saturated rings. The molecule has 0 aliphatic heterocycles. The molecule has 0 aliphatic carbocycles. The van der Waals surface area contributed by atoms with E-state index in [1.54, 1.807) is 12.1 Å². The molecule has 0 radical (unpaired) electrons. The molecule has 0 saturated carbocycles. The largest absolute Gasteiger partial charge is 0.508 e. The second kappa shape index (κ2) is 8.43. The lowest BCUT2D eigenvalue weighted by atomic mass is 10.1. The molecule has 0 aliphatic rings. The number of aryl methyl sites for hydroxylation is 1. The number of nitrogens with one attached hydrogen (secondary N) is 2. The van der Waals surface area contributed by atoms with Crippen LogP contribution in [0.4, 0.5) is 0 Å². The first-order valence-electron chi connectivity index (χ1n) is 8.94. The Labute approximate surface area is 153 Å². The van der Waals surface area contributed by atoms with E-state index in [1.165, 1.54) is 0 Å². The number of aromatic hydroxyl groups is 1. The van der Waals surface area contributed by atoms with Crippen LogP contribution in [0.15, 0.2) is 57.9 Å². The van der Waals surface area contributed by atoms with Gasteiger partial charge in [-0.3, -0.25) is 0 Å². The van der Waals surface area contributed by atoms with Gasteiger partial charge < -0.3 is 20.2 Å². The molecule has 5 heteroatoms. The van der Waals surface area contributed by atoms with Crippen molar-refractivity contribution in [2.75, 3.05) is 13.1 Å². The van der Waals surface area contributed by atoms with Gasteiger partial charge in [-0.15, -0.1) is 0 Å². The van der Waals surface area contributed by atoms with Gasteiger partial charge in [0.25, 0.3) is 0 Å². The zero-order chi connectivity index (χ0) is 18.4. The molecule has 3 aromatic rings. The number of hydrogen-bond acceptors (Lipinski definition) is 3. The Morgan fingerprint density at radius 2 is 1.96 bits per heavy atom. The van der Waals surface area contributed by atoms with Gasteiger partial charge in [-0.25, -0.2) is 4.99 Å². The number of benzene rings is 2. The molecular weight excluding hydrogens is 326 g/mol. The third-order valence-electron chi connectivity index (χ3n) is 4.28. The van der Waals surface area contributed by atoms with Crippen molar-refractivity contribution in [3.63, 3.8) is 0 Å². The number of nitrogens with zero attached hydrogens (tertiary/aromatic N) is 1. The fourth-order valence-corrected chi connectivity index (χ4v) is 2.91. The highest BCUT2D eigenvalue weighted by Crippen LogP contribution is 2.25. The van der Waals surface area contributed by atoms with Crippen molar-refractivity contribution in [1.29, 1.82) is 0 Å². The zero-order valence-electron chi connectivity index (χ0n) is 15.2. The maximum atomic E-state index is 9.54. The van der Waals surface area contributed by atoms with Crippen LogP contribution in [-0.2, 0) is 13.0 Å². The molecule has 0 unspecified atom stereocenters. The summed E-state index contributed by atoms with van der Waals surface area (Å²) < 4.78 is 5.92. The predicted octanol–water partition coefficient (Wildman–Crippen LogP) is 3.74. The minimum absolute atomic E-state index is 0.295. The first-order chi connectivity index (χ1) is 12.7. The Kier molecular flexibility index (Phi) is 5.79. The Balaban J connectivity index is 1.63. The monoisotopic (exact) mass is 351 g/mol. The maximum Gasteiger partial charge on any atom is 0.191 e. The van der Waals surface area contributed by atoms with E-state index in [4.69, 9.17) is 4.42 Å². The smallest absolute Gasteiger partial charge is 0.191 e. The summed E-state index contributed by atoms with van der Waals surface area (Å²) in [4.78, 5) is 4.64. The molecule has 1 heterocycles. The lowest BCUT2D eigenvalue weighted by Crippen LogP contribution is -2.38. The van der Waals surface area contributed by atoms with Gasteiger partial charge in [-0.05, 0) is 44.0 Å². The fourth-order valence-electron chi connectivity index (χ4n) is 2.91. The lowest BCUT2D eigenvalue weighted by Gasteiger charge is -2.11. The molecule has 0 spiro atoms. The third-order valence-corrected chi connectivity index (χ3v) is 4.28. The van der Waals surface area contributed by atoms with Crippen LogP contribution in [0.5, 0.6) is 5.75 Å². The van der Waals surface area contributed by atoms with Gasteiger partial charge in [-0.2, -0.15) is 0 Å². The van der Waals surface area contributed by atoms with Crippen LogP contribution < -0.4 is 10.6 Å². The standard InChI is InChI=1S/C21H25N3O2/c1-3-22-21(23-12-11-16-7-6-8-17(25)13-16)24-14-20-15(2)18-9-4-5-10-19(18)26-20/h4-10,13,25H,3,11-12,14H2,1-2H3,(H2,22,23,24). The molecule has 0 atom stereocenters. The Hall–Kier alpha value is -2.95.